The number of halogens is 1. The third-order valence-electron chi connectivity index (χ3n) is 3.43. The van der Waals surface area contributed by atoms with E-state index in [9.17, 15) is 9.18 Å². The molecule has 18 heavy (non-hydrogen) atoms. The van der Waals surface area contributed by atoms with Crippen LogP contribution >= 0.6 is 0 Å². The summed E-state index contributed by atoms with van der Waals surface area (Å²) >= 11 is 0. The van der Waals surface area contributed by atoms with Crippen molar-refractivity contribution in [3.63, 3.8) is 0 Å². The van der Waals surface area contributed by atoms with Crippen LogP contribution in [0.5, 0.6) is 0 Å². The van der Waals surface area contributed by atoms with Gasteiger partial charge in [0.15, 0.2) is 11.6 Å². The standard InChI is InChI=1S/C13H20FN3O/c1-8(2)13(3,4)7-17-12(18)9-5-6-16-11(15)10(9)14/h5-6,8H,7H2,1-4H3,(H2,15,16)(H,17,18). The molecular formula is C13H20FN3O. The van der Waals surface area contributed by atoms with Gasteiger partial charge in [0, 0.05) is 12.7 Å². The predicted octanol–water partition coefficient (Wildman–Crippen LogP) is 2.21. The van der Waals surface area contributed by atoms with Gasteiger partial charge < -0.3 is 11.1 Å². The zero-order valence-corrected chi connectivity index (χ0v) is 11.2. The van der Waals surface area contributed by atoms with E-state index in [1.165, 1.54) is 12.3 Å². The molecule has 1 amide bonds. The second kappa shape index (κ2) is 5.33. The summed E-state index contributed by atoms with van der Waals surface area (Å²) in [5, 5.41) is 2.73. The maximum Gasteiger partial charge on any atom is 0.254 e. The quantitative estimate of drug-likeness (QED) is 0.864. The largest absolute Gasteiger partial charge is 0.381 e. The Kier molecular flexibility index (Phi) is 4.27. The van der Waals surface area contributed by atoms with Gasteiger partial charge >= 0.3 is 0 Å². The number of hydrogen-bond donors (Lipinski definition) is 2. The molecule has 100 valence electrons. The molecule has 1 aromatic rings. The van der Waals surface area contributed by atoms with Crippen LogP contribution in [0.2, 0.25) is 0 Å². The van der Waals surface area contributed by atoms with Gasteiger partial charge in [0.25, 0.3) is 5.91 Å². The van der Waals surface area contributed by atoms with Gasteiger partial charge in [0.05, 0.1) is 5.56 Å². The number of amides is 1. The van der Waals surface area contributed by atoms with Crippen LogP contribution in [0.1, 0.15) is 38.1 Å². The Bertz CT molecular complexity index is 444. The zero-order valence-electron chi connectivity index (χ0n) is 11.2. The van der Waals surface area contributed by atoms with Crippen molar-refractivity contribution in [3.8, 4) is 0 Å². The molecule has 0 saturated heterocycles. The molecule has 0 unspecified atom stereocenters. The van der Waals surface area contributed by atoms with Crippen LogP contribution in [0, 0.1) is 17.2 Å². The molecule has 0 aromatic carbocycles. The molecule has 0 atom stereocenters. The maximum atomic E-state index is 13.6. The van der Waals surface area contributed by atoms with E-state index in [1.54, 1.807) is 0 Å². The number of nitrogens with one attached hydrogen (secondary N) is 1. The first-order valence-electron chi connectivity index (χ1n) is 5.94. The highest BCUT2D eigenvalue weighted by Gasteiger charge is 2.24. The number of anilines is 1. The molecule has 0 aliphatic rings. The number of rotatable bonds is 4. The normalized spacial score (nSPS) is 11.7. The highest BCUT2D eigenvalue weighted by atomic mass is 19.1. The van der Waals surface area contributed by atoms with Crippen molar-refractivity contribution in [3.05, 3.63) is 23.6 Å². The van der Waals surface area contributed by atoms with E-state index in [4.69, 9.17) is 5.73 Å². The Morgan fingerprint density at radius 2 is 2.17 bits per heavy atom. The molecule has 0 spiro atoms. The number of carbonyl (C=O) groups is 1. The first-order valence-corrected chi connectivity index (χ1v) is 5.94. The molecule has 0 aliphatic heterocycles. The lowest BCUT2D eigenvalue weighted by atomic mass is 9.81. The molecule has 0 bridgehead atoms. The monoisotopic (exact) mass is 253 g/mol. The van der Waals surface area contributed by atoms with E-state index in [0.717, 1.165) is 0 Å². The number of carbonyl (C=O) groups excluding carboxylic acids is 1. The molecule has 4 nitrogen and oxygen atoms in total. The maximum absolute atomic E-state index is 13.6. The van der Waals surface area contributed by atoms with Crippen molar-refractivity contribution in [2.75, 3.05) is 12.3 Å². The number of nitrogens with zero attached hydrogens (tertiary/aromatic N) is 1. The van der Waals surface area contributed by atoms with Gasteiger partial charge in [0.2, 0.25) is 0 Å². The average molecular weight is 253 g/mol. The Morgan fingerprint density at radius 3 is 2.72 bits per heavy atom. The van der Waals surface area contributed by atoms with Crippen molar-refractivity contribution < 1.29 is 9.18 Å². The third-order valence-corrected chi connectivity index (χ3v) is 3.43. The summed E-state index contributed by atoms with van der Waals surface area (Å²) in [5.41, 5.74) is 5.20. The highest BCUT2D eigenvalue weighted by Crippen LogP contribution is 2.24. The summed E-state index contributed by atoms with van der Waals surface area (Å²) in [4.78, 5) is 15.4. The van der Waals surface area contributed by atoms with Crippen molar-refractivity contribution in [2.45, 2.75) is 27.7 Å². The van der Waals surface area contributed by atoms with E-state index in [2.05, 4.69) is 38.0 Å². The van der Waals surface area contributed by atoms with Gasteiger partial charge in [-0.3, -0.25) is 4.79 Å². The zero-order chi connectivity index (χ0) is 13.9. The molecule has 0 radical (unpaired) electrons. The first kappa shape index (κ1) is 14.4. The fourth-order valence-corrected chi connectivity index (χ4v) is 1.24. The third kappa shape index (κ3) is 3.18. The summed E-state index contributed by atoms with van der Waals surface area (Å²) in [7, 11) is 0. The van der Waals surface area contributed by atoms with Crippen LogP contribution in [-0.4, -0.2) is 17.4 Å². The minimum atomic E-state index is -0.766. The summed E-state index contributed by atoms with van der Waals surface area (Å²) in [6.45, 7) is 8.74. The number of pyridine rings is 1. The second-order valence-corrected chi connectivity index (χ2v) is 5.38. The number of hydrogen-bond acceptors (Lipinski definition) is 3. The summed E-state index contributed by atoms with van der Waals surface area (Å²) < 4.78 is 13.6. The van der Waals surface area contributed by atoms with Gasteiger partial charge in [0.1, 0.15) is 0 Å². The van der Waals surface area contributed by atoms with E-state index < -0.39 is 11.7 Å². The second-order valence-electron chi connectivity index (χ2n) is 5.38. The van der Waals surface area contributed by atoms with E-state index in [-0.39, 0.29) is 16.8 Å². The Hall–Kier alpha value is -1.65. The highest BCUT2D eigenvalue weighted by molar-refractivity contribution is 5.95. The molecule has 3 N–H and O–H groups in total. The SMILES string of the molecule is CC(C)C(C)(C)CNC(=O)c1ccnc(N)c1F. The number of nitrogen functional groups attached to an aromatic ring is 1. The Morgan fingerprint density at radius 1 is 1.56 bits per heavy atom. The predicted molar refractivity (Wildman–Crippen MR) is 69.6 cm³/mol. The summed E-state index contributed by atoms with van der Waals surface area (Å²) in [6.07, 6.45) is 1.32. The van der Waals surface area contributed by atoms with Crippen LogP contribution in [0.4, 0.5) is 10.2 Å². The molecule has 5 heteroatoms. The topological polar surface area (TPSA) is 68.0 Å². The molecule has 1 heterocycles. The summed E-state index contributed by atoms with van der Waals surface area (Å²) in [6, 6.07) is 1.32. The van der Waals surface area contributed by atoms with Crippen LogP contribution in [0.25, 0.3) is 0 Å². The van der Waals surface area contributed by atoms with E-state index >= 15 is 0 Å². The van der Waals surface area contributed by atoms with Gasteiger partial charge in [-0.2, -0.15) is 0 Å². The van der Waals surface area contributed by atoms with Crippen molar-refractivity contribution in [1.29, 1.82) is 0 Å². The van der Waals surface area contributed by atoms with Crippen LogP contribution in [-0.2, 0) is 0 Å². The van der Waals surface area contributed by atoms with Crippen LogP contribution in [0.3, 0.4) is 0 Å². The Labute approximate surface area is 107 Å². The van der Waals surface area contributed by atoms with Crippen LogP contribution < -0.4 is 11.1 Å². The fraction of sp³-hybridized carbons (Fsp3) is 0.538. The van der Waals surface area contributed by atoms with Crippen LogP contribution in [0.15, 0.2) is 12.3 Å². The number of aromatic nitrogens is 1. The molecular weight excluding hydrogens is 233 g/mol. The van der Waals surface area contributed by atoms with Gasteiger partial charge in [-0.05, 0) is 17.4 Å². The molecule has 0 saturated carbocycles. The Balaban J connectivity index is 2.75. The molecule has 1 rings (SSSR count). The van der Waals surface area contributed by atoms with Gasteiger partial charge in [-0.25, -0.2) is 9.37 Å². The van der Waals surface area contributed by atoms with Gasteiger partial charge in [-0.1, -0.05) is 27.7 Å². The molecule has 1 aromatic heterocycles. The minimum absolute atomic E-state index is 0.0509. The lowest BCUT2D eigenvalue weighted by molar-refractivity contribution is 0.0920. The average Bonchev–Trinajstić information content (AvgIpc) is 2.29. The lowest BCUT2D eigenvalue weighted by Gasteiger charge is -2.29. The van der Waals surface area contributed by atoms with E-state index in [0.29, 0.717) is 12.5 Å². The van der Waals surface area contributed by atoms with Crippen molar-refractivity contribution in [1.82, 2.24) is 10.3 Å². The van der Waals surface area contributed by atoms with E-state index in [1.807, 2.05) is 0 Å². The molecule has 0 aliphatic carbocycles. The van der Waals surface area contributed by atoms with Crippen molar-refractivity contribution in [2.24, 2.45) is 11.3 Å². The van der Waals surface area contributed by atoms with Crippen molar-refractivity contribution >= 4 is 11.7 Å². The first-order chi connectivity index (χ1) is 8.25. The summed E-state index contributed by atoms with van der Waals surface area (Å²) in [5.74, 6) is -1.08. The fourth-order valence-electron chi connectivity index (χ4n) is 1.24. The van der Waals surface area contributed by atoms with Gasteiger partial charge in [-0.15, -0.1) is 0 Å². The lowest BCUT2D eigenvalue weighted by Crippen LogP contribution is -2.37. The minimum Gasteiger partial charge on any atom is -0.381 e. The number of nitrogens with two attached hydrogens (primary N) is 1. The smallest absolute Gasteiger partial charge is 0.254 e. The molecule has 0 fully saturated rings.